The second-order valence-corrected chi connectivity index (χ2v) is 19.3. The van der Waals surface area contributed by atoms with Crippen LogP contribution in [0.3, 0.4) is 0 Å². The highest BCUT2D eigenvalue weighted by atomic mass is 19.1. The number of aliphatic hydroxyl groups excluding tert-OH is 1. The molecule has 2 atom stereocenters. The van der Waals surface area contributed by atoms with E-state index in [-0.39, 0.29) is 67.8 Å². The van der Waals surface area contributed by atoms with Crippen molar-refractivity contribution >= 4 is 85.6 Å². The second-order valence-electron chi connectivity index (χ2n) is 19.3. The number of piperidine rings is 1. The fraction of sp³-hybridized carbons (Fsp3) is 0.543. The summed E-state index contributed by atoms with van der Waals surface area (Å²) >= 11 is 0. The molecule has 27 nitrogen and oxygen atoms in total. The maximum absolute atomic E-state index is 12.8. The number of benzene rings is 4. The molecule has 4 aromatic rings. The topological polar surface area (TPSA) is 560 Å². The maximum atomic E-state index is 12.8. The van der Waals surface area contributed by atoms with Crippen molar-refractivity contribution in [2.45, 2.75) is 228 Å². The van der Waals surface area contributed by atoms with Gasteiger partial charge >= 0.3 is 0 Å². The molecule has 0 bridgehead atoms. The molecule has 109 heavy (non-hydrogen) atoms. The molecule has 28 heteroatoms. The van der Waals surface area contributed by atoms with Crippen LogP contribution in [0.15, 0.2) is 109 Å². The van der Waals surface area contributed by atoms with Gasteiger partial charge in [-0.25, -0.2) is 4.39 Å². The van der Waals surface area contributed by atoms with E-state index in [2.05, 4.69) is 153 Å². The lowest BCUT2D eigenvalue weighted by molar-refractivity contribution is -0.140. The summed E-state index contributed by atoms with van der Waals surface area (Å²) in [6.45, 7) is 62.3. The number of amides is 3. The Balaban J connectivity index is -0.0000000321. The van der Waals surface area contributed by atoms with Crippen molar-refractivity contribution < 1.29 is 76.9 Å². The zero-order valence-corrected chi connectivity index (χ0v) is 72.7. The van der Waals surface area contributed by atoms with Gasteiger partial charge in [-0.2, -0.15) is 0 Å². The van der Waals surface area contributed by atoms with Crippen LogP contribution in [0.2, 0.25) is 0 Å². The number of halogens is 1. The van der Waals surface area contributed by atoms with E-state index in [1.54, 1.807) is 33.9 Å². The number of carbonyl (C=O) groups excluding carboxylic acids is 13. The Morgan fingerprint density at radius 3 is 0.872 bits per heavy atom. The Labute approximate surface area is 666 Å². The van der Waals surface area contributed by atoms with E-state index < -0.39 is 17.9 Å². The van der Waals surface area contributed by atoms with Gasteiger partial charge in [-0.3, -0.25) is 14.4 Å². The summed E-state index contributed by atoms with van der Waals surface area (Å²) in [5.74, 6) is 1.29. The van der Waals surface area contributed by atoms with E-state index in [0.29, 0.717) is 6.42 Å². The number of hydrogen-bond donors (Lipinski definition) is 12. The van der Waals surface area contributed by atoms with E-state index in [0.717, 1.165) is 80.5 Å². The smallest absolute Gasteiger partial charge is 0.244 e. The van der Waals surface area contributed by atoms with Crippen LogP contribution in [0.25, 0.3) is 0 Å². The van der Waals surface area contributed by atoms with Crippen molar-refractivity contribution in [1.82, 2.24) is 45.9 Å². The van der Waals surface area contributed by atoms with E-state index in [1.807, 2.05) is 150 Å². The summed E-state index contributed by atoms with van der Waals surface area (Å²) in [4.78, 5) is 120. The normalized spacial score (nSPS) is 8.52. The van der Waals surface area contributed by atoms with Crippen LogP contribution in [-0.4, -0.2) is 172 Å². The average molecular weight is 1570 g/mol. The molecule has 1 fully saturated rings. The predicted molar refractivity (Wildman–Crippen MR) is 468 cm³/mol. The molecule has 0 aromatic heterocycles. The van der Waals surface area contributed by atoms with Crippen LogP contribution < -0.4 is 59.0 Å². The van der Waals surface area contributed by atoms with Gasteiger partial charge in [-0.15, -0.1) is 0 Å². The van der Waals surface area contributed by atoms with Crippen LogP contribution >= 0.6 is 0 Å². The molecule has 3 amide bonds. The number of nitrogens with one attached hydrogen (secondary N) is 1. The fourth-order valence-electron chi connectivity index (χ4n) is 5.42. The van der Waals surface area contributed by atoms with E-state index in [1.165, 1.54) is 82.5 Å². The highest BCUT2D eigenvalue weighted by molar-refractivity contribution is 5.91. The minimum Gasteiger partial charge on any atom is -0.505 e. The van der Waals surface area contributed by atoms with Gasteiger partial charge in [0.15, 0.2) is 11.6 Å². The Kier molecular flexibility index (Phi) is 286. The molecule has 1 aliphatic heterocycles. The zero-order valence-electron chi connectivity index (χ0n) is 72.7. The number of aliphatic hydroxyl groups is 1. The number of hydrogen-bond acceptors (Lipinski definition) is 24. The number of rotatable bonds is 12. The molecule has 0 radical (unpaired) electrons. The molecule has 0 saturated carbocycles. The van der Waals surface area contributed by atoms with Crippen LogP contribution in [0.5, 0.6) is 5.75 Å². The Hall–Kier alpha value is -8.68. The number of likely N-dealkylation sites (tertiary alicyclic amines) is 1. The lowest BCUT2D eigenvalue weighted by Gasteiger charge is -2.31. The van der Waals surface area contributed by atoms with Crippen molar-refractivity contribution in [1.29, 1.82) is 0 Å². The summed E-state index contributed by atoms with van der Waals surface area (Å²) in [5.41, 5.74) is 22.7. The summed E-state index contributed by atoms with van der Waals surface area (Å²) in [5, 5.41) is 19.6. The van der Waals surface area contributed by atoms with Crippen molar-refractivity contribution in [3.63, 3.8) is 0 Å². The number of likely N-dealkylation sites (N-methyl/N-ethyl adjacent to an activating group) is 1. The van der Waals surface area contributed by atoms with Crippen LogP contribution in [0.4, 0.5) is 4.39 Å². The third-order valence-electron chi connectivity index (χ3n) is 11.3. The number of aromatic hydroxyl groups is 1. The maximum Gasteiger partial charge on any atom is 0.244 e. The second kappa shape index (κ2) is 179. The van der Waals surface area contributed by atoms with Crippen LogP contribution in [0, 0.1) is 23.6 Å². The molecule has 26 N–H and O–H groups in total. The largest absolute Gasteiger partial charge is 0.505 e. The molecule has 0 spiro atoms. The minimum absolute atomic E-state index is 0. The highest BCUT2D eigenvalue weighted by Crippen LogP contribution is 2.16. The Morgan fingerprint density at radius 2 is 0.679 bits per heavy atom. The summed E-state index contributed by atoms with van der Waals surface area (Å²) < 4.78 is 12.5. The molecular formula is C81H173FN12O15. The first-order valence-electron chi connectivity index (χ1n) is 33.8. The quantitative estimate of drug-likeness (QED) is 0.0627. The van der Waals surface area contributed by atoms with Gasteiger partial charge in [-0.1, -0.05) is 235 Å². The molecule has 5 rings (SSSR count). The molecular weight excluding hydrogens is 1400 g/mol. The molecule has 0 aliphatic carbocycles. The standard InChI is InChI=1S/C20H29N3O3.C8H9FO.2C8H10.3C5H12.C3H8O.2C2H6.4CH5N.10CH2O.CH4.5H3N/c1-15(20(26)23-12-8-5-9-13-23)21-19(25)18(22(3)16(2)24)14-17-10-6-4-7-11-17;1-2-6-3-4-8(10)7(9)5-6;2*1-2-8-6-4-3-5-7-8;3*1-4-5(2)3;1-3(2)4;16*1-2;;;;;;/h4,6-7,10-11,15,18H,5,8-9,12-14H2,1-3H3,(H,21,25);3-5,10H,2H2,1H3;2*3-7H,2H2,1H3;3*5H,4H2,1-3H3;3-4H,1-2H3;2*1-2H3;4*2H2,1H3;10*1H2;1H4;5*1H3/t15-,18-;;;;;;;;;;;;;;;;;;;;;;;;;;;;;/m0............................./s1. The molecule has 654 valence electrons. The van der Waals surface area contributed by atoms with E-state index in [4.69, 9.17) is 58.2 Å². The summed E-state index contributed by atoms with van der Waals surface area (Å²) in [6.07, 6.45) is 10.4. The van der Waals surface area contributed by atoms with Crippen molar-refractivity contribution in [2.24, 2.45) is 40.7 Å². The first-order chi connectivity index (χ1) is 49.5. The van der Waals surface area contributed by atoms with Gasteiger partial charge < -0.3 is 127 Å². The highest BCUT2D eigenvalue weighted by Gasteiger charge is 2.30. The molecule has 1 heterocycles. The molecule has 0 unspecified atom stereocenters. The van der Waals surface area contributed by atoms with Crippen molar-refractivity contribution in [3.05, 3.63) is 137 Å². The lowest BCUT2D eigenvalue weighted by atomic mass is 10.0. The molecule has 1 aliphatic rings. The van der Waals surface area contributed by atoms with Gasteiger partial charge in [0.2, 0.25) is 17.7 Å². The number of carbonyl (C=O) groups is 13. The van der Waals surface area contributed by atoms with Crippen LogP contribution in [-0.2, 0) is 88.0 Å². The number of phenols is 1. The van der Waals surface area contributed by atoms with Gasteiger partial charge in [-0.05, 0) is 140 Å². The third kappa shape index (κ3) is 161. The number of nitrogens with zero attached hydrogens (tertiary/aromatic N) is 2. The monoisotopic (exact) mass is 1570 g/mol. The third-order valence-corrected chi connectivity index (χ3v) is 11.3. The summed E-state index contributed by atoms with van der Waals surface area (Å²) in [7, 11) is 7.62. The van der Waals surface area contributed by atoms with Gasteiger partial charge in [0.1, 0.15) is 80.0 Å². The first kappa shape index (κ1) is 174. The van der Waals surface area contributed by atoms with Crippen LogP contribution in [0.1, 0.15) is 207 Å². The zero-order chi connectivity index (χ0) is 86.7. The average Bonchev–Trinajstić information content (AvgIpc) is 0.833. The van der Waals surface area contributed by atoms with E-state index in [9.17, 15) is 18.8 Å². The van der Waals surface area contributed by atoms with Gasteiger partial charge in [0.05, 0.1) is 0 Å². The summed E-state index contributed by atoms with van der Waals surface area (Å²) in [6, 6.07) is 33.7. The molecule has 1 saturated heterocycles. The minimum atomic E-state index is -0.647. The van der Waals surface area contributed by atoms with Crippen molar-refractivity contribution in [3.8, 4) is 5.75 Å². The SMILES string of the molecule is C.C=O.C=O.C=O.C=O.C=O.C=O.C=O.C=O.C=O.C=O.CC.CC.CC(=O)N(C)[C@@H](Cc1ccccc1)C(=O)N[C@@H](C)C(=O)N1CCCCC1.CC(C)O.CCC(C)C.CCC(C)C.CCC(C)C.CCc1ccc(O)c(F)c1.CCc1ccccc1.CCc1ccccc1.CN.CN.CN.CN.N.N.N.N.N. The fourth-order valence-corrected chi connectivity index (χ4v) is 5.42. The first-order valence-corrected chi connectivity index (χ1v) is 33.8. The Morgan fingerprint density at radius 1 is 0.450 bits per heavy atom. The number of nitrogens with two attached hydrogens (primary N) is 4. The lowest BCUT2D eigenvalue weighted by Crippen LogP contribution is -2.54. The van der Waals surface area contributed by atoms with Gasteiger partial charge in [0.25, 0.3) is 0 Å². The van der Waals surface area contributed by atoms with Gasteiger partial charge in [0, 0.05) is 39.6 Å². The Bertz CT molecular complexity index is 2000. The number of aryl methyl sites for hydroxylation is 3. The molecule has 4 aromatic carbocycles. The van der Waals surface area contributed by atoms with E-state index >= 15 is 0 Å². The predicted octanol–water partition coefficient (Wildman–Crippen LogP) is 14.7. The van der Waals surface area contributed by atoms with Crippen molar-refractivity contribution in [2.75, 3.05) is 48.3 Å². The number of phenolic OH excluding ortho intramolecular Hbond substituents is 1.